The Balaban J connectivity index is 1.87. The van der Waals surface area contributed by atoms with Crippen LogP contribution in [0.1, 0.15) is 52.0 Å². The van der Waals surface area contributed by atoms with Crippen molar-refractivity contribution in [2.45, 2.75) is 63.7 Å². The van der Waals surface area contributed by atoms with E-state index in [1.54, 1.807) is 20.8 Å². The molecule has 8 heteroatoms. The lowest BCUT2D eigenvalue weighted by Gasteiger charge is -2.33. The Kier molecular flexibility index (Phi) is 8.29. The number of hydrogen-bond acceptors (Lipinski definition) is 5. The lowest BCUT2D eigenvalue weighted by atomic mass is 10.0. The van der Waals surface area contributed by atoms with Crippen molar-refractivity contribution < 1.29 is 27.9 Å². The quantitative estimate of drug-likeness (QED) is 0.665. The molecule has 1 aromatic rings. The second kappa shape index (κ2) is 10.3. The molecule has 1 aliphatic rings. The number of sulfone groups is 1. The second-order valence-corrected chi connectivity index (χ2v) is 11.2. The molecule has 0 spiro atoms. The number of carbonyl (C=O) groups is 2. The summed E-state index contributed by atoms with van der Waals surface area (Å²) in [6, 6.07) is 9.73. The Morgan fingerprint density at radius 2 is 1.77 bits per heavy atom. The van der Waals surface area contributed by atoms with Gasteiger partial charge in [-0.25, -0.2) is 13.2 Å². The zero-order valence-electron chi connectivity index (χ0n) is 18.0. The topological polar surface area (TPSA) is 101 Å². The maximum atomic E-state index is 12.8. The van der Waals surface area contributed by atoms with Gasteiger partial charge in [-0.2, -0.15) is 0 Å². The lowest BCUT2D eigenvalue weighted by Crippen LogP contribution is -2.45. The summed E-state index contributed by atoms with van der Waals surface area (Å²) in [5.74, 6) is -2.34. The molecule has 1 aliphatic heterocycles. The summed E-state index contributed by atoms with van der Waals surface area (Å²) >= 11 is 0. The largest absolute Gasteiger partial charge is 0.481 e. The number of benzene rings is 1. The van der Waals surface area contributed by atoms with Gasteiger partial charge >= 0.3 is 12.1 Å². The maximum Gasteiger partial charge on any atom is 0.410 e. The molecule has 0 aromatic heterocycles. The van der Waals surface area contributed by atoms with Crippen molar-refractivity contribution >= 4 is 21.9 Å². The predicted molar refractivity (Wildman–Crippen MR) is 115 cm³/mol. The van der Waals surface area contributed by atoms with Crippen LogP contribution in [0.4, 0.5) is 4.79 Å². The van der Waals surface area contributed by atoms with E-state index in [1.165, 1.54) is 4.90 Å². The minimum Gasteiger partial charge on any atom is -0.481 e. The number of amides is 1. The van der Waals surface area contributed by atoms with Crippen LogP contribution in [0.3, 0.4) is 0 Å². The fraction of sp³-hybridized carbons (Fsp3) is 0.636. The molecule has 1 atom stereocenters. The minimum absolute atomic E-state index is 0.296. The number of hydrogen-bond donors (Lipinski definition) is 1. The Morgan fingerprint density at radius 3 is 2.30 bits per heavy atom. The van der Waals surface area contributed by atoms with E-state index in [4.69, 9.17) is 4.74 Å². The van der Waals surface area contributed by atoms with Gasteiger partial charge in [0.15, 0.2) is 9.84 Å². The van der Waals surface area contributed by atoms with Gasteiger partial charge in [0.05, 0.1) is 16.9 Å². The molecule has 7 nitrogen and oxygen atoms in total. The second-order valence-electron chi connectivity index (χ2n) is 8.91. The van der Waals surface area contributed by atoms with E-state index in [1.807, 2.05) is 30.3 Å². The number of ether oxygens (including phenoxy) is 1. The number of rotatable bonds is 8. The van der Waals surface area contributed by atoms with Crippen molar-refractivity contribution in [3.05, 3.63) is 35.9 Å². The minimum atomic E-state index is -3.57. The zero-order chi connectivity index (χ0) is 22.4. The molecule has 0 aliphatic carbocycles. The molecular formula is C22H33NO6S. The van der Waals surface area contributed by atoms with Gasteiger partial charge in [-0.1, -0.05) is 30.3 Å². The van der Waals surface area contributed by atoms with Gasteiger partial charge in [-0.15, -0.1) is 0 Å². The first-order chi connectivity index (χ1) is 14.0. The zero-order valence-corrected chi connectivity index (χ0v) is 18.9. The number of aliphatic carboxylic acids is 1. The molecule has 0 saturated carbocycles. The van der Waals surface area contributed by atoms with Crippen LogP contribution in [0.2, 0.25) is 0 Å². The molecule has 1 aromatic carbocycles. The van der Waals surface area contributed by atoms with Crippen LogP contribution in [0.25, 0.3) is 0 Å². The first-order valence-electron chi connectivity index (χ1n) is 10.4. The van der Waals surface area contributed by atoms with E-state index in [-0.39, 0.29) is 5.75 Å². The van der Waals surface area contributed by atoms with E-state index in [2.05, 4.69) is 0 Å². The van der Waals surface area contributed by atoms with Gasteiger partial charge in [0.1, 0.15) is 5.60 Å². The highest BCUT2D eigenvalue weighted by atomic mass is 32.2. The van der Waals surface area contributed by atoms with Crippen molar-refractivity contribution in [1.29, 1.82) is 0 Å². The highest BCUT2D eigenvalue weighted by molar-refractivity contribution is 7.92. The Labute approximate surface area is 179 Å². The van der Waals surface area contributed by atoms with Gasteiger partial charge in [-0.3, -0.25) is 4.79 Å². The van der Waals surface area contributed by atoms with Crippen LogP contribution in [0.15, 0.2) is 30.3 Å². The SMILES string of the molecule is CC(C)(C)OC(=O)N1CCC(S(=O)(=O)CC(CCCc2ccccc2)C(=O)O)CC1. The number of carboxylic acids is 1. The van der Waals surface area contributed by atoms with Crippen molar-refractivity contribution in [3.63, 3.8) is 0 Å². The van der Waals surface area contributed by atoms with Gasteiger partial charge in [0.25, 0.3) is 0 Å². The highest BCUT2D eigenvalue weighted by Crippen LogP contribution is 2.24. The fourth-order valence-corrected chi connectivity index (χ4v) is 5.69. The van der Waals surface area contributed by atoms with Crippen molar-refractivity contribution in [2.24, 2.45) is 5.92 Å². The summed E-state index contributed by atoms with van der Waals surface area (Å²) in [6.45, 7) is 5.94. The summed E-state index contributed by atoms with van der Waals surface area (Å²) < 4.78 is 31.0. The molecule has 30 heavy (non-hydrogen) atoms. The Morgan fingerprint density at radius 1 is 1.17 bits per heavy atom. The van der Waals surface area contributed by atoms with Crippen molar-refractivity contribution in [3.8, 4) is 0 Å². The van der Waals surface area contributed by atoms with Crippen LogP contribution in [0, 0.1) is 5.92 Å². The third-order valence-corrected chi connectivity index (χ3v) is 7.60. The Bertz CT molecular complexity index is 808. The third-order valence-electron chi connectivity index (χ3n) is 5.25. The van der Waals surface area contributed by atoms with Crippen molar-refractivity contribution in [2.75, 3.05) is 18.8 Å². The molecule has 0 radical (unpaired) electrons. The van der Waals surface area contributed by atoms with Crippen LogP contribution >= 0.6 is 0 Å². The monoisotopic (exact) mass is 439 g/mol. The van der Waals surface area contributed by atoms with Gasteiger partial charge in [0, 0.05) is 13.1 Å². The average molecular weight is 440 g/mol. The summed E-state index contributed by atoms with van der Waals surface area (Å²) in [4.78, 5) is 25.3. The van der Waals surface area contributed by atoms with E-state index < -0.39 is 38.7 Å². The number of aryl methyl sites for hydroxylation is 1. The summed E-state index contributed by atoms with van der Waals surface area (Å²) in [5, 5.41) is 8.90. The van der Waals surface area contributed by atoms with E-state index in [0.29, 0.717) is 38.8 Å². The molecule has 1 fully saturated rings. The van der Waals surface area contributed by atoms with Crippen molar-refractivity contribution in [1.82, 2.24) is 4.90 Å². The number of nitrogens with zero attached hydrogens (tertiary/aromatic N) is 1. The van der Waals surface area contributed by atoms with E-state index in [9.17, 15) is 23.1 Å². The number of likely N-dealkylation sites (tertiary alicyclic amines) is 1. The van der Waals surface area contributed by atoms with Gasteiger partial charge in [-0.05, 0) is 58.4 Å². The fourth-order valence-electron chi connectivity index (χ4n) is 3.62. The number of carboxylic acid groups (broad SMARTS) is 1. The highest BCUT2D eigenvalue weighted by Gasteiger charge is 2.35. The van der Waals surface area contributed by atoms with E-state index >= 15 is 0 Å². The summed E-state index contributed by atoms with van der Waals surface area (Å²) in [7, 11) is -3.57. The number of carbonyl (C=O) groups excluding carboxylic acids is 1. The first kappa shape index (κ1) is 24.2. The molecule has 1 saturated heterocycles. The van der Waals surface area contributed by atoms with Crippen LogP contribution in [0.5, 0.6) is 0 Å². The predicted octanol–water partition coefficient (Wildman–Crippen LogP) is 3.52. The lowest BCUT2D eigenvalue weighted by molar-refractivity contribution is -0.141. The van der Waals surface area contributed by atoms with Crippen LogP contribution in [-0.4, -0.2) is 60.2 Å². The molecule has 0 bridgehead atoms. The normalized spacial score (nSPS) is 16.8. The number of piperidine rings is 1. The summed E-state index contributed by atoms with van der Waals surface area (Å²) in [5.41, 5.74) is 0.507. The smallest absolute Gasteiger partial charge is 0.410 e. The molecule has 1 N–H and O–H groups in total. The summed E-state index contributed by atoms with van der Waals surface area (Å²) in [6.07, 6.45) is 1.82. The maximum absolute atomic E-state index is 12.8. The molecule has 1 unspecified atom stereocenters. The standard InChI is InChI=1S/C22H33NO6S/c1-22(2,3)29-21(26)23-14-12-19(13-15-23)30(27,28)16-18(20(24)25)11-7-10-17-8-5-4-6-9-17/h4-6,8-9,18-19H,7,10-16H2,1-3H3,(H,24,25). The molecule has 1 heterocycles. The van der Waals surface area contributed by atoms with Crippen LogP contribution in [-0.2, 0) is 25.8 Å². The van der Waals surface area contributed by atoms with Gasteiger partial charge in [0.2, 0.25) is 0 Å². The first-order valence-corrected chi connectivity index (χ1v) is 12.2. The van der Waals surface area contributed by atoms with Gasteiger partial charge < -0.3 is 14.7 Å². The van der Waals surface area contributed by atoms with Crippen LogP contribution < -0.4 is 0 Å². The third kappa shape index (κ3) is 7.63. The molecule has 1 amide bonds. The molecule has 2 rings (SSSR count). The molecule has 168 valence electrons. The molecular weight excluding hydrogens is 406 g/mol. The van der Waals surface area contributed by atoms with E-state index in [0.717, 1.165) is 12.0 Å². The Hall–Kier alpha value is -2.09. The average Bonchev–Trinajstić information content (AvgIpc) is 2.66.